The van der Waals surface area contributed by atoms with Crippen molar-refractivity contribution in [1.29, 1.82) is 0 Å². The monoisotopic (exact) mass is 221 g/mol. The molecule has 1 heterocycles. The van der Waals surface area contributed by atoms with Crippen LogP contribution in [0.15, 0.2) is 0 Å². The SMILES string of the molecule is O[CH2][Sn][N]1CCCC1. The molecule has 46 valence electrons. The van der Waals surface area contributed by atoms with Gasteiger partial charge >= 0.3 is 60.2 Å². The molecule has 3 heteroatoms. The second kappa shape index (κ2) is 3.69. The summed E-state index contributed by atoms with van der Waals surface area (Å²) in [5, 5.41) is 8.56. The van der Waals surface area contributed by atoms with Crippen molar-refractivity contribution < 1.29 is 5.11 Å². The predicted molar refractivity (Wildman–Crippen MR) is 33.6 cm³/mol. The Bertz CT molecular complexity index is 63.4. The molecule has 8 heavy (non-hydrogen) atoms. The van der Waals surface area contributed by atoms with Crippen molar-refractivity contribution in [3.63, 3.8) is 0 Å². The number of nitrogens with zero attached hydrogens (tertiary/aromatic N) is 1. The minimum absolute atomic E-state index is 0.457. The van der Waals surface area contributed by atoms with Gasteiger partial charge in [-0.2, -0.15) is 0 Å². The summed E-state index contributed by atoms with van der Waals surface area (Å²) in [4.78, 5) is 0. The number of hydrogen-bond donors (Lipinski definition) is 1. The fourth-order valence-electron chi connectivity index (χ4n) is 0.975. The van der Waals surface area contributed by atoms with Crippen LogP contribution in [0.4, 0.5) is 0 Å². The van der Waals surface area contributed by atoms with Gasteiger partial charge in [0.2, 0.25) is 0 Å². The van der Waals surface area contributed by atoms with Crippen molar-refractivity contribution in [3.8, 4) is 0 Å². The predicted octanol–water partition coefficient (Wildman–Crippen LogP) is -0.349. The van der Waals surface area contributed by atoms with Crippen LogP contribution in [0, 0.1) is 0 Å². The second-order valence-electron chi connectivity index (χ2n) is 2.01. The van der Waals surface area contributed by atoms with E-state index in [1.807, 2.05) is 0 Å². The fourth-order valence-corrected chi connectivity index (χ4v) is 3.35. The van der Waals surface area contributed by atoms with Gasteiger partial charge in [0.1, 0.15) is 0 Å². The molecule has 1 saturated heterocycles. The third kappa shape index (κ3) is 1.91. The van der Waals surface area contributed by atoms with Gasteiger partial charge in [0.25, 0.3) is 0 Å². The molecular weight excluding hydrogens is 209 g/mol. The first-order valence-electron chi connectivity index (χ1n) is 3.03. The van der Waals surface area contributed by atoms with Crippen molar-refractivity contribution in [2.45, 2.75) is 12.8 Å². The molecule has 0 amide bonds. The Balaban J connectivity index is 2.06. The summed E-state index contributed by atoms with van der Waals surface area (Å²) in [6.45, 7) is 2.54. The number of aliphatic hydroxyl groups excluding tert-OH is 1. The molecule has 0 atom stereocenters. The quantitative estimate of drug-likeness (QED) is 0.643. The third-order valence-corrected chi connectivity index (χ3v) is 4.36. The summed E-state index contributed by atoms with van der Waals surface area (Å²) in [5.41, 5.74) is 0. The topological polar surface area (TPSA) is 23.5 Å². The van der Waals surface area contributed by atoms with Gasteiger partial charge in [-0.3, -0.25) is 0 Å². The molecule has 1 rings (SSSR count). The molecule has 1 fully saturated rings. The molecule has 0 aromatic carbocycles. The van der Waals surface area contributed by atoms with Crippen LogP contribution in [0.25, 0.3) is 0 Å². The standard InChI is InChI=1S/C4H8N.CH3O.Sn/c1-2-4-5-3-1;1-2;/h1-4H2;2H,1H2;/q-1;;+1. The Morgan fingerprint density at radius 1 is 1.38 bits per heavy atom. The van der Waals surface area contributed by atoms with Gasteiger partial charge in [-0.15, -0.1) is 0 Å². The van der Waals surface area contributed by atoms with E-state index in [-0.39, 0.29) is 0 Å². The molecule has 0 unspecified atom stereocenters. The van der Waals surface area contributed by atoms with E-state index in [0.29, 0.717) is 4.62 Å². The Kier molecular flexibility index (Phi) is 3.15. The minimum atomic E-state index is -0.457. The van der Waals surface area contributed by atoms with Gasteiger partial charge in [-0.1, -0.05) is 0 Å². The first-order valence-corrected chi connectivity index (χ1v) is 6.32. The van der Waals surface area contributed by atoms with Crippen molar-refractivity contribution in [2.24, 2.45) is 0 Å². The van der Waals surface area contributed by atoms with E-state index in [4.69, 9.17) is 5.11 Å². The second-order valence-corrected chi connectivity index (χ2v) is 5.62. The maximum absolute atomic E-state index is 8.56. The van der Waals surface area contributed by atoms with Crippen LogP contribution in [-0.2, 0) is 0 Å². The zero-order valence-corrected chi connectivity index (χ0v) is 7.78. The van der Waals surface area contributed by atoms with E-state index in [0.717, 1.165) is 0 Å². The molecule has 0 aliphatic carbocycles. The molecule has 0 spiro atoms. The molecule has 0 aromatic heterocycles. The molecule has 0 saturated carbocycles. The first-order chi connectivity index (χ1) is 3.93. The Hall–Kier alpha value is 0.719. The van der Waals surface area contributed by atoms with Crippen molar-refractivity contribution in [1.82, 2.24) is 3.12 Å². The van der Waals surface area contributed by atoms with Crippen molar-refractivity contribution >= 4 is 21.4 Å². The van der Waals surface area contributed by atoms with Crippen molar-refractivity contribution in [3.05, 3.63) is 0 Å². The number of rotatable bonds is 2. The van der Waals surface area contributed by atoms with Crippen molar-refractivity contribution in [2.75, 3.05) is 17.7 Å². The van der Waals surface area contributed by atoms with E-state index in [9.17, 15) is 0 Å². The van der Waals surface area contributed by atoms with Crippen LogP contribution in [0.2, 0.25) is 0 Å². The zero-order valence-electron chi connectivity index (χ0n) is 4.93. The average Bonchev–Trinajstić information content (AvgIpc) is 2.19. The summed E-state index contributed by atoms with van der Waals surface area (Å²) in [6, 6.07) is 0. The summed E-state index contributed by atoms with van der Waals surface area (Å²) in [6.07, 6.45) is 2.72. The van der Waals surface area contributed by atoms with E-state index in [1.165, 1.54) is 25.9 Å². The molecule has 1 aliphatic rings. The van der Waals surface area contributed by atoms with Gasteiger partial charge in [-0.25, -0.2) is 0 Å². The molecule has 1 N–H and O–H groups in total. The van der Waals surface area contributed by atoms with Gasteiger partial charge in [0.05, 0.1) is 0 Å². The van der Waals surface area contributed by atoms with Gasteiger partial charge < -0.3 is 0 Å². The molecule has 1 aliphatic heterocycles. The van der Waals surface area contributed by atoms with E-state index >= 15 is 0 Å². The Morgan fingerprint density at radius 3 is 2.50 bits per heavy atom. The fraction of sp³-hybridized carbons (Fsp3) is 1.00. The van der Waals surface area contributed by atoms with Crippen LogP contribution < -0.4 is 0 Å². The normalized spacial score (nSPS) is 22.1. The summed E-state index contributed by atoms with van der Waals surface area (Å²) in [5.74, 6) is 0. The van der Waals surface area contributed by atoms with Crippen LogP contribution in [0.3, 0.4) is 0 Å². The first kappa shape index (κ1) is 6.83. The molecule has 0 aromatic rings. The zero-order chi connectivity index (χ0) is 5.82. The van der Waals surface area contributed by atoms with E-state index < -0.39 is 21.4 Å². The van der Waals surface area contributed by atoms with Gasteiger partial charge in [0.15, 0.2) is 0 Å². The third-order valence-electron chi connectivity index (χ3n) is 1.40. The van der Waals surface area contributed by atoms with Crippen LogP contribution >= 0.6 is 0 Å². The number of aliphatic hydroxyl groups is 1. The Labute approximate surface area is 60.4 Å². The molecular formula is C5H11NOSn. The van der Waals surface area contributed by atoms with E-state index in [1.54, 1.807) is 0 Å². The summed E-state index contributed by atoms with van der Waals surface area (Å²) >= 11 is -0.457. The molecule has 0 bridgehead atoms. The summed E-state index contributed by atoms with van der Waals surface area (Å²) in [7, 11) is 0. The maximum atomic E-state index is 8.56. The van der Waals surface area contributed by atoms with Crippen LogP contribution in [0.1, 0.15) is 12.8 Å². The Morgan fingerprint density at radius 2 is 2.00 bits per heavy atom. The van der Waals surface area contributed by atoms with Gasteiger partial charge in [-0.05, 0) is 0 Å². The van der Waals surface area contributed by atoms with Gasteiger partial charge in [0, 0.05) is 0 Å². The number of hydrogen-bond acceptors (Lipinski definition) is 2. The molecule has 2 nitrogen and oxygen atoms in total. The van der Waals surface area contributed by atoms with Crippen LogP contribution in [-0.4, -0.2) is 47.4 Å². The summed E-state index contributed by atoms with van der Waals surface area (Å²) < 4.78 is 2.95. The van der Waals surface area contributed by atoms with E-state index in [2.05, 4.69) is 3.12 Å². The molecule has 2 radical (unpaired) electrons. The average molecular weight is 220 g/mol. The van der Waals surface area contributed by atoms with Crippen LogP contribution in [0.5, 0.6) is 0 Å².